The average Bonchev–Trinajstić information content (AvgIpc) is 2.99. The first-order chi connectivity index (χ1) is 19.4. The molecule has 1 aromatic heterocycles. The Bertz CT molecular complexity index is 1100. The van der Waals surface area contributed by atoms with Gasteiger partial charge in [-0.25, -0.2) is 9.97 Å². The van der Waals surface area contributed by atoms with E-state index in [0.717, 1.165) is 68.2 Å². The zero-order valence-corrected chi connectivity index (χ0v) is 25.8. The molecule has 3 rings (SSSR count). The van der Waals surface area contributed by atoms with E-state index in [9.17, 15) is 0 Å². The normalized spacial score (nSPS) is 15.6. The molecule has 0 bridgehead atoms. The van der Waals surface area contributed by atoms with E-state index < -0.39 is 0 Å². The van der Waals surface area contributed by atoms with Gasteiger partial charge in [0.05, 0.1) is 12.4 Å². The van der Waals surface area contributed by atoms with Crippen molar-refractivity contribution in [1.82, 2.24) is 19.8 Å². The summed E-state index contributed by atoms with van der Waals surface area (Å²) in [7, 11) is 0. The number of likely N-dealkylation sites (tertiary alicyclic amines) is 1. The van der Waals surface area contributed by atoms with Crippen molar-refractivity contribution >= 4 is 0 Å². The number of hydrogen-bond acceptors (Lipinski definition) is 5. The topological polar surface area (TPSA) is 41.5 Å². The van der Waals surface area contributed by atoms with Crippen LogP contribution in [0.15, 0.2) is 72.2 Å². The molecule has 1 fully saturated rings. The second-order valence-corrected chi connectivity index (χ2v) is 11.2. The second-order valence-electron chi connectivity index (χ2n) is 11.2. The van der Waals surface area contributed by atoms with Crippen LogP contribution >= 0.6 is 0 Å². The van der Waals surface area contributed by atoms with Crippen molar-refractivity contribution in [3.05, 3.63) is 77.8 Å². The highest BCUT2D eigenvalue weighted by molar-refractivity contribution is 5.56. The van der Waals surface area contributed by atoms with Crippen LogP contribution in [0.3, 0.4) is 0 Å². The quantitative estimate of drug-likeness (QED) is 0.198. The molecule has 0 spiro atoms. The summed E-state index contributed by atoms with van der Waals surface area (Å²) >= 11 is 0. The van der Waals surface area contributed by atoms with Crippen molar-refractivity contribution in [2.45, 2.75) is 86.1 Å². The number of ether oxygens (including phenoxy) is 1. The van der Waals surface area contributed by atoms with Crippen LogP contribution in [0.5, 0.6) is 5.75 Å². The van der Waals surface area contributed by atoms with Crippen LogP contribution in [0.4, 0.5) is 0 Å². The minimum absolute atomic E-state index is 0.601. The number of nitrogens with zero attached hydrogens (tertiary/aromatic N) is 4. The molecule has 2 heterocycles. The lowest BCUT2D eigenvalue weighted by atomic mass is 9.98. The molecule has 1 aromatic carbocycles. The minimum atomic E-state index is 0.601. The van der Waals surface area contributed by atoms with Crippen molar-refractivity contribution in [2.24, 2.45) is 5.92 Å². The molecular formula is C35H52N4O. The highest BCUT2D eigenvalue weighted by atomic mass is 16.5. The third-order valence-electron chi connectivity index (χ3n) is 8.01. The molecule has 1 atom stereocenters. The largest absolute Gasteiger partial charge is 0.489 e. The Labute approximate surface area is 244 Å². The smallest absolute Gasteiger partial charge is 0.159 e. The van der Waals surface area contributed by atoms with E-state index >= 15 is 0 Å². The molecular weight excluding hydrogens is 492 g/mol. The number of allylic oxidation sites excluding steroid dienone is 4. The molecule has 1 aliphatic rings. The zero-order valence-electron chi connectivity index (χ0n) is 25.8. The minimum Gasteiger partial charge on any atom is -0.489 e. The first-order valence-corrected chi connectivity index (χ1v) is 15.5. The lowest BCUT2D eigenvalue weighted by molar-refractivity contribution is 0.183. The molecule has 5 nitrogen and oxygen atoms in total. The standard InChI is InChI=1S/C35H52N4O/c1-7-14-32(18-17-29(5)28(4)9-3)30(6)39(19-8-2)27-31-15-13-16-33(24-31)35-36-25-34(26-37-35)40-23-22-38-20-11-10-12-21-38/h13,15-18,24-26,28H,6-12,14,19-23,27H2,1-5H3/b29-17-,32-18-. The summed E-state index contributed by atoms with van der Waals surface area (Å²) in [5.41, 5.74) is 6.14. The highest BCUT2D eigenvalue weighted by Gasteiger charge is 2.14. The summed E-state index contributed by atoms with van der Waals surface area (Å²) in [5.74, 6) is 2.06. The Hall–Kier alpha value is -2.92. The van der Waals surface area contributed by atoms with Gasteiger partial charge in [-0.15, -0.1) is 0 Å². The molecule has 0 aliphatic carbocycles. The van der Waals surface area contributed by atoms with E-state index in [-0.39, 0.29) is 0 Å². The van der Waals surface area contributed by atoms with Gasteiger partial charge in [0.1, 0.15) is 6.61 Å². The molecule has 1 aliphatic heterocycles. The van der Waals surface area contributed by atoms with Gasteiger partial charge in [-0.05, 0) is 75.2 Å². The van der Waals surface area contributed by atoms with E-state index in [4.69, 9.17) is 4.74 Å². The SMILES string of the molecule is C=C(/C(=C\C=C(\C)C(C)CC)CCC)N(CCC)Cc1cccc(-c2ncc(OCCN3CCCCC3)cn2)c1. The van der Waals surface area contributed by atoms with Gasteiger partial charge in [-0.1, -0.05) is 83.0 Å². The molecule has 218 valence electrons. The molecule has 0 N–H and O–H groups in total. The Morgan fingerprint density at radius 1 is 1.07 bits per heavy atom. The maximum absolute atomic E-state index is 5.93. The van der Waals surface area contributed by atoms with Crippen molar-refractivity contribution in [3.8, 4) is 17.1 Å². The third-order valence-corrected chi connectivity index (χ3v) is 8.01. The fourth-order valence-corrected chi connectivity index (χ4v) is 5.14. The van der Waals surface area contributed by atoms with Gasteiger partial charge in [-0.2, -0.15) is 0 Å². The molecule has 2 aromatic rings. The van der Waals surface area contributed by atoms with E-state index in [1.807, 2.05) is 0 Å². The van der Waals surface area contributed by atoms with E-state index in [1.54, 1.807) is 12.4 Å². The van der Waals surface area contributed by atoms with E-state index in [1.165, 1.54) is 49.1 Å². The monoisotopic (exact) mass is 544 g/mol. The number of piperidine rings is 1. The summed E-state index contributed by atoms with van der Waals surface area (Å²) < 4.78 is 5.93. The van der Waals surface area contributed by atoms with Crippen molar-refractivity contribution in [3.63, 3.8) is 0 Å². The lowest BCUT2D eigenvalue weighted by Crippen LogP contribution is -2.33. The van der Waals surface area contributed by atoms with Crippen LogP contribution in [0.2, 0.25) is 0 Å². The van der Waals surface area contributed by atoms with E-state index in [0.29, 0.717) is 12.5 Å². The Morgan fingerprint density at radius 2 is 1.82 bits per heavy atom. The van der Waals surface area contributed by atoms with Gasteiger partial charge < -0.3 is 9.64 Å². The molecule has 5 heteroatoms. The van der Waals surface area contributed by atoms with Crippen LogP contribution in [0, 0.1) is 5.92 Å². The molecule has 1 unspecified atom stereocenters. The van der Waals surface area contributed by atoms with E-state index in [2.05, 4.69) is 97.4 Å². The predicted molar refractivity (Wildman–Crippen MR) is 169 cm³/mol. The fourth-order valence-electron chi connectivity index (χ4n) is 5.14. The van der Waals surface area contributed by atoms with Gasteiger partial charge in [0.25, 0.3) is 0 Å². The molecule has 0 amide bonds. The lowest BCUT2D eigenvalue weighted by Gasteiger charge is -2.28. The first kappa shape index (κ1) is 31.6. The third kappa shape index (κ3) is 9.92. The van der Waals surface area contributed by atoms with Crippen LogP contribution in [0.1, 0.15) is 85.1 Å². The van der Waals surface area contributed by atoms with Crippen LogP contribution in [-0.2, 0) is 6.54 Å². The van der Waals surface area contributed by atoms with Crippen LogP contribution in [0.25, 0.3) is 11.4 Å². The maximum atomic E-state index is 5.93. The number of aromatic nitrogens is 2. The first-order valence-electron chi connectivity index (χ1n) is 15.5. The summed E-state index contributed by atoms with van der Waals surface area (Å²) in [6.07, 6.45) is 16.5. The molecule has 1 saturated heterocycles. The van der Waals surface area contributed by atoms with Gasteiger partial charge in [-0.3, -0.25) is 4.90 Å². The number of hydrogen-bond donors (Lipinski definition) is 0. The predicted octanol–water partition coefficient (Wildman–Crippen LogP) is 8.45. The summed E-state index contributed by atoms with van der Waals surface area (Å²) in [6.45, 7) is 21.6. The summed E-state index contributed by atoms with van der Waals surface area (Å²) in [6, 6.07) is 8.58. The number of benzene rings is 1. The van der Waals surface area contributed by atoms with Gasteiger partial charge >= 0.3 is 0 Å². The molecule has 0 saturated carbocycles. The average molecular weight is 545 g/mol. The van der Waals surface area contributed by atoms with Crippen molar-refractivity contribution < 1.29 is 4.74 Å². The second kappa shape index (κ2) is 17.0. The van der Waals surface area contributed by atoms with Gasteiger partial charge in [0.15, 0.2) is 11.6 Å². The summed E-state index contributed by atoms with van der Waals surface area (Å²) in [4.78, 5) is 14.2. The Balaban J connectivity index is 1.67. The molecule has 40 heavy (non-hydrogen) atoms. The summed E-state index contributed by atoms with van der Waals surface area (Å²) in [5, 5.41) is 0. The zero-order chi connectivity index (χ0) is 28.7. The van der Waals surface area contributed by atoms with Gasteiger partial charge in [0, 0.05) is 30.9 Å². The van der Waals surface area contributed by atoms with Crippen LogP contribution in [-0.4, -0.2) is 52.6 Å². The number of rotatable bonds is 16. The fraction of sp³-hybridized carbons (Fsp3) is 0.543. The van der Waals surface area contributed by atoms with Crippen molar-refractivity contribution in [2.75, 3.05) is 32.8 Å². The van der Waals surface area contributed by atoms with Crippen molar-refractivity contribution in [1.29, 1.82) is 0 Å². The highest BCUT2D eigenvalue weighted by Crippen LogP contribution is 2.25. The Kier molecular flexibility index (Phi) is 13.4. The maximum Gasteiger partial charge on any atom is 0.159 e. The van der Waals surface area contributed by atoms with Crippen LogP contribution < -0.4 is 4.74 Å². The molecule has 0 radical (unpaired) electrons. The Morgan fingerprint density at radius 3 is 2.50 bits per heavy atom. The van der Waals surface area contributed by atoms with Gasteiger partial charge in [0.2, 0.25) is 0 Å².